The molecule has 106 valence electrons. The number of nitrogens with zero attached hydrogens (tertiary/aromatic N) is 2. The van der Waals surface area contributed by atoms with Crippen molar-refractivity contribution < 1.29 is 0 Å². The van der Waals surface area contributed by atoms with E-state index in [9.17, 15) is 9.59 Å². The lowest BCUT2D eigenvalue weighted by Crippen LogP contribution is -2.41. The largest absolute Gasteiger partial charge is 0.383 e. The van der Waals surface area contributed by atoms with Crippen LogP contribution in [0.3, 0.4) is 0 Å². The molecule has 0 aromatic carbocycles. The number of hydrogen-bond donors (Lipinski definition) is 2. The van der Waals surface area contributed by atoms with Gasteiger partial charge in [0, 0.05) is 18.6 Å². The minimum absolute atomic E-state index is 0.125. The molecule has 19 heavy (non-hydrogen) atoms. The first-order chi connectivity index (χ1) is 8.75. The van der Waals surface area contributed by atoms with Gasteiger partial charge in [-0.1, -0.05) is 32.0 Å². The van der Waals surface area contributed by atoms with Crippen LogP contribution in [0.1, 0.15) is 13.8 Å². The Hall–Kier alpha value is -1.69. The highest BCUT2D eigenvalue weighted by Gasteiger charge is 2.15. The van der Waals surface area contributed by atoms with Gasteiger partial charge in [-0.3, -0.25) is 13.9 Å². The summed E-state index contributed by atoms with van der Waals surface area (Å²) in [5, 5.41) is 3.16. The van der Waals surface area contributed by atoms with Crippen LogP contribution in [0.15, 0.2) is 21.2 Å². The molecular weight excluding hydrogens is 268 g/mol. The molecule has 1 aromatic heterocycles. The van der Waals surface area contributed by atoms with Crippen molar-refractivity contribution >= 4 is 23.1 Å². The van der Waals surface area contributed by atoms with Crippen LogP contribution < -0.4 is 22.3 Å². The molecule has 0 aliphatic carbocycles. The summed E-state index contributed by atoms with van der Waals surface area (Å²) in [6, 6.07) is 0. The van der Waals surface area contributed by atoms with Gasteiger partial charge in [0.2, 0.25) is 0 Å². The molecule has 0 amide bonds. The van der Waals surface area contributed by atoms with E-state index in [1.54, 1.807) is 0 Å². The Balaban J connectivity index is 3.39. The highest BCUT2D eigenvalue weighted by molar-refractivity contribution is 6.29. The van der Waals surface area contributed by atoms with E-state index in [0.717, 1.165) is 4.57 Å². The molecule has 1 heterocycles. The van der Waals surface area contributed by atoms with Gasteiger partial charge in [-0.15, -0.1) is 0 Å². The Morgan fingerprint density at radius 2 is 2.05 bits per heavy atom. The molecule has 0 atom stereocenters. The zero-order valence-electron chi connectivity index (χ0n) is 11.4. The highest BCUT2D eigenvalue weighted by atomic mass is 35.5. The summed E-state index contributed by atoms with van der Waals surface area (Å²) in [7, 11) is 1.42. The fourth-order valence-corrected chi connectivity index (χ4v) is 1.74. The molecule has 0 saturated heterocycles. The molecule has 3 N–H and O–H groups in total. The van der Waals surface area contributed by atoms with Gasteiger partial charge in [-0.2, -0.15) is 0 Å². The average molecular weight is 287 g/mol. The number of halogens is 1. The van der Waals surface area contributed by atoms with Crippen molar-refractivity contribution in [1.82, 2.24) is 9.13 Å². The predicted octanol–water partition coefficient (Wildman–Crippen LogP) is 0.950. The summed E-state index contributed by atoms with van der Waals surface area (Å²) in [6.45, 7) is 8.10. The fourth-order valence-electron chi connectivity index (χ4n) is 1.68. The van der Waals surface area contributed by atoms with Gasteiger partial charge in [-0.25, -0.2) is 4.79 Å². The summed E-state index contributed by atoms with van der Waals surface area (Å²) in [6.07, 6.45) is 0. The van der Waals surface area contributed by atoms with Crippen LogP contribution >= 0.6 is 11.6 Å². The second-order valence-electron chi connectivity index (χ2n) is 4.78. The van der Waals surface area contributed by atoms with Crippen LogP contribution in [-0.4, -0.2) is 15.7 Å². The van der Waals surface area contributed by atoms with Gasteiger partial charge in [0.25, 0.3) is 5.56 Å². The standard InChI is InChI=1S/C12H19ClN4O2/c1-7(2)6-17-10(14)9(15-5-8(3)13)11(18)16(4)12(17)19/h7,15H,3,5-6,14H2,1-2,4H3. The second kappa shape index (κ2) is 5.97. The first-order valence-corrected chi connectivity index (χ1v) is 6.30. The van der Waals surface area contributed by atoms with Gasteiger partial charge in [0.05, 0.1) is 6.54 Å². The number of anilines is 2. The van der Waals surface area contributed by atoms with E-state index >= 15 is 0 Å². The van der Waals surface area contributed by atoms with E-state index in [-0.39, 0.29) is 24.0 Å². The molecule has 6 nitrogen and oxygen atoms in total. The maximum absolute atomic E-state index is 12.0. The summed E-state index contributed by atoms with van der Waals surface area (Å²) in [5.74, 6) is 0.355. The molecular formula is C12H19ClN4O2. The Labute approximate surface area is 116 Å². The molecule has 1 rings (SSSR count). The lowest BCUT2D eigenvalue weighted by Gasteiger charge is -2.17. The molecule has 0 radical (unpaired) electrons. The number of aromatic nitrogens is 2. The zero-order valence-corrected chi connectivity index (χ0v) is 12.1. The van der Waals surface area contributed by atoms with Crippen molar-refractivity contribution in [3.63, 3.8) is 0 Å². The second-order valence-corrected chi connectivity index (χ2v) is 5.32. The molecule has 0 fully saturated rings. The third-order valence-corrected chi connectivity index (χ3v) is 2.72. The number of nitrogens with two attached hydrogens (primary N) is 1. The normalized spacial score (nSPS) is 10.8. The lowest BCUT2D eigenvalue weighted by molar-refractivity contribution is 0.494. The Morgan fingerprint density at radius 1 is 1.47 bits per heavy atom. The maximum Gasteiger partial charge on any atom is 0.332 e. The quantitative estimate of drug-likeness (QED) is 0.844. The van der Waals surface area contributed by atoms with Crippen LogP contribution in [0.2, 0.25) is 0 Å². The SMILES string of the molecule is C=C(Cl)CNc1c(N)n(CC(C)C)c(=O)n(C)c1=O. The number of nitrogens with one attached hydrogen (secondary N) is 1. The summed E-state index contributed by atoms with van der Waals surface area (Å²) < 4.78 is 2.41. The molecule has 0 spiro atoms. The van der Waals surface area contributed by atoms with Crippen molar-refractivity contribution in [2.45, 2.75) is 20.4 Å². The van der Waals surface area contributed by atoms with E-state index < -0.39 is 11.2 Å². The lowest BCUT2D eigenvalue weighted by atomic mass is 10.2. The third kappa shape index (κ3) is 3.41. The summed E-state index contributed by atoms with van der Waals surface area (Å²) in [5.41, 5.74) is 5.18. The monoisotopic (exact) mass is 286 g/mol. The molecule has 1 aromatic rings. The van der Waals surface area contributed by atoms with Crippen molar-refractivity contribution in [1.29, 1.82) is 0 Å². The molecule has 0 saturated carbocycles. The average Bonchev–Trinajstić information content (AvgIpc) is 2.31. The van der Waals surface area contributed by atoms with E-state index in [1.165, 1.54) is 11.6 Å². The van der Waals surface area contributed by atoms with Crippen molar-refractivity contribution in [3.8, 4) is 0 Å². The first kappa shape index (κ1) is 15.4. The minimum atomic E-state index is -0.472. The topological polar surface area (TPSA) is 82.0 Å². The first-order valence-electron chi connectivity index (χ1n) is 5.92. The Bertz CT molecular complexity index is 601. The van der Waals surface area contributed by atoms with E-state index in [4.69, 9.17) is 17.3 Å². The van der Waals surface area contributed by atoms with E-state index in [2.05, 4.69) is 11.9 Å². The van der Waals surface area contributed by atoms with Crippen molar-refractivity contribution in [3.05, 3.63) is 32.4 Å². The Kier molecular flexibility index (Phi) is 4.83. The third-order valence-electron chi connectivity index (χ3n) is 2.59. The molecule has 0 aliphatic heterocycles. The van der Waals surface area contributed by atoms with Gasteiger partial charge in [0.15, 0.2) is 0 Å². The zero-order chi connectivity index (χ0) is 14.7. The van der Waals surface area contributed by atoms with E-state index in [0.29, 0.717) is 11.6 Å². The van der Waals surface area contributed by atoms with Crippen molar-refractivity contribution in [2.24, 2.45) is 13.0 Å². The smallest absolute Gasteiger partial charge is 0.332 e. The van der Waals surface area contributed by atoms with Crippen LogP contribution in [-0.2, 0) is 13.6 Å². The van der Waals surface area contributed by atoms with Crippen LogP contribution in [0.25, 0.3) is 0 Å². The number of nitrogen functional groups attached to an aromatic ring is 1. The molecule has 0 bridgehead atoms. The van der Waals surface area contributed by atoms with Crippen LogP contribution in [0.5, 0.6) is 0 Å². The molecule has 7 heteroatoms. The van der Waals surface area contributed by atoms with Gasteiger partial charge >= 0.3 is 5.69 Å². The molecule has 0 unspecified atom stereocenters. The number of hydrogen-bond acceptors (Lipinski definition) is 4. The molecule has 0 aliphatic rings. The van der Waals surface area contributed by atoms with Crippen LogP contribution in [0.4, 0.5) is 11.5 Å². The van der Waals surface area contributed by atoms with Crippen molar-refractivity contribution in [2.75, 3.05) is 17.6 Å². The minimum Gasteiger partial charge on any atom is -0.383 e. The van der Waals surface area contributed by atoms with E-state index in [1.807, 2.05) is 13.8 Å². The summed E-state index contributed by atoms with van der Waals surface area (Å²) >= 11 is 5.65. The fraction of sp³-hybridized carbons (Fsp3) is 0.500. The highest BCUT2D eigenvalue weighted by Crippen LogP contribution is 2.13. The summed E-state index contributed by atoms with van der Waals surface area (Å²) in [4.78, 5) is 24.0. The Morgan fingerprint density at radius 3 is 2.53 bits per heavy atom. The van der Waals surface area contributed by atoms with Gasteiger partial charge < -0.3 is 11.1 Å². The van der Waals surface area contributed by atoms with Gasteiger partial charge in [-0.05, 0) is 5.92 Å². The van der Waals surface area contributed by atoms with Crippen LogP contribution in [0, 0.1) is 5.92 Å². The van der Waals surface area contributed by atoms with Gasteiger partial charge in [0.1, 0.15) is 11.5 Å². The number of rotatable bonds is 5. The predicted molar refractivity (Wildman–Crippen MR) is 78.7 cm³/mol. The maximum atomic E-state index is 12.0.